The number of fused-ring (bicyclic) bond motifs is 1. The van der Waals surface area contributed by atoms with E-state index >= 15 is 0 Å². The fourth-order valence-corrected chi connectivity index (χ4v) is 5.53. The molecule has 2 aromatic rings. The zero-order valence-electron chi connectivity index (χ0n) is 18.1. The van der Waals surface area contributed by atoms with Gasteiger partial charge in [0.25, 0.3) is 5.91 Å². The molecule has 174 valence electrons. The van der Waals surface area contributed by atoms with Crippen molar-refractivity contribution in [3.8, 4) is 0 Å². The number of ether oxygens (including phenoxy) is 1. The number of nitrogens with one attached hydrogen (secondary N) is 1. The summed E-state index contributed by atoms with van der Waals surface area (Å²) in [5.41, 5.74) is 1.07. The van der Waals surface area contributed by atoms with Crippen LogP contribution in [-0.4, -0.2) is 56.2 Å². The average molecular weight is 472 g/mol. The molecule has 0 aliphatic carbocycles. The number of nitrogens with zero attached hydrogens (tertiary/aromatic N) is 2. The Morgan fingerprint density at radius 2 is 1.67 bits per heavy atom. The van der Waals surface area contributed by atoms with Crippen molar-refractivity contribution in [1.82, 2.24) is 4.31 Å². The van der Waals surface area contributed by atoms with Crippen molar-refractivity contribution in [3.63, 3.8) is 0 Å². The predicted molar refractivity (Wildman–Crippen MR) is 121 cm³/mol. The highest BCUT2D eigenvalue weighted by Crippen LogP contribution is 2.30. The first kappa shape index (κ1) is 22.9. The third-order valence-corrected chi connectivity index (χ3v) is 7.76. The minimum absolute atomic E-state index is 0.159. The SMILES string of the molecule is C[C@@H](OC(=O)C1CCN(S(=O)(=O)c2ccccc2)CC1)C(=O)N1CC(=O)Nc2ccccc21. The summed E-state index contributed by atoms with van der Waals surface area (Å²) >= 11 is 0. The molecule has 0 aromatic heterocycles. The van der Waals surface area contributed by atoms with Gasteiger partial charge in [0.15, 0.2) is 6.10 Å². The largest absolute Gasteiger partial charge is 0.452 e. The molecule has 10 heteroatoms. The van der Waals surface area contributed by atoms with E-state index < -0.39 is 33.9 Å². The second-order valence-corrected chi connectivity index (χ2v) is 10.00. The number of anilines is 2. The third kappa shape index (κ3) is 4.76. The number of hydrogen-bond donors (Lipinski definition) is 1. The monoisotopic (exact) mass is 471 g/mol. The van der Waals surface area contributed by atoms with Crippen LogP contribution in [0.2, 0.25) is 0 Å². The van der Waals surface area contributed by atoms with Gasteiger partial charge in [-0.25, -0.2) is 8.42 Å². The molecule has 2 aromatic carbocycles. The van der Waals surface area contributed by atoms with Crippen molar-refractivity contribution in [2.75, 3.05) is 29.9 Å². The maximum atomic E-state index is 12.9. The van der Waals surface area contributed by atoms with Crippen LogP contribution in [-0.2, 0) is 29.1 Å². The van der Waals surface area contributed by atoms with Crippen molar-refractivity contribution < 1.29 is 27.5 Å². The summed E-state index contributed by atoms with van der Waals surface area (Å²) in [6.45, 7) is 1.70. The van der Waals surface area contributed by atoms with Crippen LogP contribution < -0.4 is 10.2 Å². The summed E-state index contributed by atoms with van der Waals surface area (Å²) in [5, 5.41) is 2.71. The second-order valence-electron chi connectivity index (χ2n) is 8.06. The normalized spacial score (nSPS) is 18.2. The first-order chi connectivity index (χ1) is 15.8. The lowest BCUT2D eigenvalue weighted by molar-refractivity contribution is -0.159. The molecular weight excluding hydrogens is 446 g/mol. The van der Waals surface area contributed by atoms with E-state index in [1.54, 1.807) is 54.6 Å². The van der Waals surface area contributed by atoms with Crippen molar-refractivity contribution in [2.45, 2.75) is 30.8 Å². The van der Waals surface area contributed by atoms with E-state index in [1.165, 1.54) is 16.1 Å². The van der Waals surface area contributed by atoms with Crippen LogP contribution in [0.3, 0.4) is 0 Å². The zero-order chi connectivity index (χ0) is 23.6. The molecule has 2 aliphatic heterocycles. The molecule has 1 N–H and O–H groups in total. The van der Waals surface area contributed by atoms with Gasteiger partial charge in [0.1, 0.15) is 6.54 Å². The number of amides is 2. The molecule has 0 saturated carbocycles. The average Bonchev–Trinajstić information content (AvgIpc) is 2.83. The van der Waals surface area contributed by atoms with Crippen LogP contribution in [0.25, 0.3) is 0 Å². The van der Waals surface area contributed by atoms with E-state index in [1.807, 2.05) is 0 Å². The fourth-order valence-electron chi connectivity index (χ4n) is 4.04. The fraction of sp³-hybridized carbons (Fsp3) is 0.348. The number of para-hydroxylation sites is 2. The zero-order valence-corrected chi connectivity index (χ0v) is 19.0. The molecule has 9 nitrogen and oxygen atoms in total. The van der Waals surface area contributed by atoms with Crippen molar-refractivity contribution in [1.29, 1.82) is 0 Å². The first-order valence-corrected chi connectivity index (χ1v) is 12.2. The van der Waals surface area contributed by atoms with Gasteiger partial charge in [-0.3, -0.25) is 19.3 Å². The second kappa shape index (κ2) is 9.32. The quantitative estimate of drug-likeness (QED) is 0.668. The van der Waals surface area contributed by atoms with E-state index in [2.05, 4.69) is 5.32 Å². The number of benzene rings is 2. The molecule has 0 bridgehead atoms. The number of hydrogen-bond acceptors (Lipinski definition) is 6. The molecule has 0 unspecified atom stereocenters. The summed E-state index contributed by atoms with van der Waals surface area (Å²) < 4.78 is 32.3. The highest BCUT2D eigenvalue weighted by atomic mass is 32.2. The Labute approximate surface area is 192 Å². The van der Waals surface area contributed by atoms with Crippen LogP contribution in [0, 0.1) is 5.92 Å². The van der Waals surface area contributed by atoms with Crippen LogP contribution in [0.15, 0.2) is 59.5 Å². The van der Waals surface area contributed by atoms with Crippen LogP contribution in [0.1, 0.15) is 19.8 Å². The standard InChI is InChI=1S/C23H25N3O6S/c1-16(22(28)26-15-21(27)24-19-9-5-6-10-20(19)26)32-23(29)17-11-13-25(14-12-17)33(30,31)18-7-3-2-4-8-18/h2-10,16-17H,11-15H2,1H3,(H,24,27)/t16-/m1/s1. The molecule has 1 fully saturated rings. The molecule has 2 aliphatic rings. The summed E-state index contributed by atoms with van der Waals surface area (Å²) in [6.07, 6.45) is -0.468. The van der Waals surface area contributed by atoms with Crippen molar-refractivity contribution in [2.24, 2.45) is 5.92 Å². The lowest BCUT2D eigenvalue weighted by Gasteiger charge is -2.32. The maximum absolute atomic E-state index is 12.9. The molecule has 0 radical (unpaired) electrons. The summed E-state index contributed by atoms with van der Waals surface area (Å²) in [6, 6.07) is 15.1. The highest BCUT2D eigenvalue weighted by molar-refractivity contribution is 7.89. The number of rotatable bonds is 5. The lowest BCUT2D eigenvalue weighted by Crippen LogP contribution is -2.47. The Bertz CT molecular complexity index is 1160. The number of carbonyl (C=O) groups excluding carboxylic acids is 3. The lowest BCUT2D eigenvalue weighted by atomic mass is 9.98. The van der Waals surface area contributed by atoms with Gasteiger partial charge in [-0.05, 0) is 44.0 Å². The summed E-state index contributed by atoms with van der Waals surface area (Å²) in [5.74, 6) is -1.86. The van der Waals surface area contributed by atoms with E-state index in [0.29, 0.717) is 24.2 Å². The summed E-state index contributed by atoms with van der Waals surface area (Å²) in [7, 11) is -3.61. The van der Waals surface area contributed by atoms with E-state index in [9.17, 15) is 22.8 Å². The van der Waals surface area contributed by atoms with E-state index in [4.69, 9.17) is 4.74 Å². The van der Waals surface area contributed by atoms with E-state index in [0.717, 1.165) is 0 Å². The molecule has 33 heavy (non-hydrogen) atoms. The smallest absolute Gasteiger partial charge is 0.309 e. The van der Waals surface area contributed by atoms with Gasteiger partial charge in [0, 0.05) is 13.1 Å². The topological polar surface area (TPSA) is 113 Å². The third-order valence-electron chi connectivity index (χ3n) is 5.85. The first-order valence-electron chi connectivity index (χ1n) is 10.7. The predicted octanol–water partition coefficient (Wildman–Crippen LogP) is 2.00. The van der Waals surface area contributed by atoms with Gasteiger partial charge in [-0.2, -0.15) is 4.31 Å². The Balaban J connectivity index is 1.36. The van der Waals surface area contributed by atoms with Crippen molar-refractivity contribution in [3.05, 3.63) is 54.6 Å². The van der Waals surface area contributed by atoms with Gasteiger partial charge in [-0.15, -0.1) is 0 Å². The van der Waals surface area contributed by atoms with Gasteiger partial charge >= 0.3 is 5.97 Å². The Kier molecular flexibility index (Phi) is 6.48. The molecule has 2 heterocycles. The van der Waals surface area contributed by atoms with E-state index in [-0.39, 0.29) is 30.4 Å². The number of carbonyl (C=O) groups is 3. The van der Waals surface area contributed by atoms with Crippen LogP contribution in [0.4, 0.5) is 11.4 Å². The van der Waals surface area contributed by atoms with Crippen molar-refractivity contribution >= 4 is 39.2 Å². The summed E-state index contributed by atoms with van der Waals surface area (Å²) in [4.78, 5) is 39.1. The maximum Gasteiger partial charge on any atom is 0.309 e. The van der Waals surface area contributed by atoms with Gasteiger partial charge in [0.05, 0.1) is 22.2 Å². The molecule has 1 atom stereocenters. The molecule has 4 rings (SSSR count). The molecule has 2 amide bonds. The van der Waals surface area contributed by atoms with Gasteiger partial charge < -0.3 is 10.1 Å². The minimum Gasteiger partial charge on any atom is -0.452 e. The molecule has 1 saturated heterocycles. The molecule has 0 spiro atoms. The highest BCUT2D eigenvalue weighted by Gasteiger charge is 2.36. The minimum atomic E-state index is -3.61. The van der Waals surface area contributed by atoms with Crippen LogP contribution >= 0.6 is 0 Å². The van der Waals surface area contributed by atoms with Gasteiger partial charge in [-0.1, -0.05) is 30.3 Å². The Morgan fingerprint density at radius 3 is 2.36 bits per heavy atom. The Hall–Kier alpha value is -3.24. The number of esters is 1. The number of sulfonamides is 1. The number of piperidine rings is 1. The van der Waals surface area contributed by atoms with Gasteiger partial charge in [0.2, 0.25) is 15.9 Å². The Morgan fingerprint density at radius 1 is 1.03 bits per heavy atom. The molecular formula is C23H25N3O6S. The van der Waals surface area contributed by atoms with Crippen LogP contribution in [0.5, 0.6) is 0 Å².